The molecule has 0 aromatic rings. The fourth-order valence-corrected chi connectivity index (χ4v) is 2.32. The van der Waals surface area contributed by atoms with Crippen LogP contribution in [-0.4, -0.2) is 30.9 Å². The molecular formula is C14H27N3O2. The third kappa shape index (κ3) is 6.57. The maximum Gasteiger partial charge on any atom is 0.223 e. The Labute approximate surface area is 115 Å². The number of carbonyl (C=O) groups excluding carboxylic acids is 2. The van der Waals surface area contributed by atoms with E-state index in [4.69, 9.17) is 5.73 Å². The molecule has 1 fully saturated rings. The number of carbonyl (C=O) groups is 2. The van der Waals surface area contributed by atoms with Crippen LogP contribution in [0.25, 0.3) is 0 Å². The van der Waals surface area contributed by atoms with Crippen LogP contribution >= 0.6 is 0 Å². The van der Waals surface area contributed by atoms with Gasteiger partial charge in [0.25, 0.3) is 0 Å². The molecule has 4 N–H and O–H groups in total. The van der Waals surface area contributed by atoms with Crippen molar-refractivity contribution in [1.29, 1.82) is 0 Å². The quantitative estimate of drug-likeness (QED) is 0.666. The van der Waals surface area contributed by atoms with E-state index in [0.29, 0.717) is 25.4 Å². The molecule has 2 unspecified atom stereocenters. The second-order valence-corrected chi connectivity index (χ2v) is 5.86. The molecule has 0 heterocycles. The van der Waals surface area contributed by atoms with E-state index in [0.717, 1.165) is 25.7 Å². The molecule has 1 aliphatic rings. The summed E-state index contributed by atoms with van der Waals surface area (Å²) in [6, 6.07) is 0.152. The Bertz CT molecular complexity index is 305. The second kappa shape index (κ2) is 8.15. The van der Waals surface area contributed by atoms with Crippen LogP contribution in [0.4, 0.5) is 0 Å². The van der Waals surface area contributed by atoms with E-state index in [1.54, 1.807) is 0 Å². The molecule has 0 aromatic carbocycles. The van der Waals surface area contributed by atoms with Gasteiger partial charge < -0.3 is 16.4 Å². The molecule has 0 radical (unpaired) electrons. The third-order valence-electron chi connectivity index (χ3n) is 3.44. The molecule has 0 saturated heterocycles. The summed E-state index contributed by atoms with van der Waals surface area (Å²) in [6.07, 6.45) is 4.07. The summed E-state index contributed by atoms with van der Waals surface area (Å²) in [7, 11) is 0. The highest BCUT2D eigenvalue weighted by molar-refractivity contribution is 5.80. The van der Waals surface area contributed by atoms with E-state index >= 15 is 0 Å². The van der Waals surface area contributed by atoms with Gasteiger partial charge in [-0.05, 0) is 25.2 Å². The van der Waals surface area contributed by atoms with E-state index in [9.17, 15) is 9.59 Å². The fraction of sp³-hybridized carbons (Fsp3) is 0.857. The molecule has 5 nitrogen and oxygen atoms in total. The monoisotopic (exact) mass is 269 g/mol. The van der Waals surface area contributed by atoms with Gasteiger partial charge in [-0.15, -0.1) is 0 Å². The van der Waals surface area contributed by atoms with E-state index in [1.165, 1.54) is 0 Å². The van der Waals surface area contributed by atoms with Gasteiger partial charge in [-0.2, -0.15) is 0 Å². The Morgan fingerprint density at radius 3 is 2.63 bits per heavy atom. The van der Waals surface area contributed by atoms with Gasteiger partial charge in [-0.3, -0.25) is 9.59 Å². The van der Waals surface area contributed by atoms with E-state index in [-0.39, 0.29) is 23.8 Å². The fourth-order valence-electron chi connectivity index (χ4n) is 2.32. The van der Waals surface area contributed by atoms with Crippen LogP contribution < -0.4 is 16.4 Å². The second-order valence-electron chi connectivity index (χ2n) is 5.86. The van der Waals surface area contributed by atoms with Crippen LogP contribution in [0.3, 0.4) is 0 Å². The maximum atomic E-state index is 11.9. The highest BCUT2D eigenvalue weighted by Gasteiger charge is 2.24. The molecule has 0 aromatic heterocycles. The van der Waals surface area contributed by atoms with E-state index in [1.807, 2.05) is 13.8 Å². The molecule has 1 aliphatic carbocycles. The largest absolute Gasteiger partial charge is 0.356 e. The van der Waals surface area contributed by atoms with Crippen LogP contribution in [0.15, 0.2) is 0 Å². The molecule has 0 bridgehead atoms. The Balaban J connectivity index is 2.14. The maximum absolute atomic E-state index is 11.9. The number of hydrogen-bond donors (Lipinski definition) is 3. The lowest BCUT2D eigenvalue weighted by molar-refractivity contribution is -0.126. The molecule has 1 rings (SSSR count). The molecule has 2 atom stereocenters. The minimum Gasteiger partial charge on any atom is -0.356 e. The Hall–Kier alpha value is -1.10. The van der Waals surface area contributed by atoms with E-state index < -0.39 is 0 Å². The molecule has 2 amide bonds. The summed E-state index contributed by atoms with van der Waals surface area (Å²) in [5.41, 5.74) is 5.86. The zero-order valence-electron chi connectivity index (χ0n) is 12.1. The predicted octanol–water partition coefficient (Wildman–Crippen LogP) is 0.782. The van der Waals surface area contributed by atoms with Gasteiger partial charge in [0.1, 0.15) is 0 Å². The summed E-state index contributed by atoms with van der Waals surface area (Å²) in [5, 5.41) is 5.67. The Kier molecular flexibility index (Phi) is 6.84. The Morgan fingerprint density at radius 1 is 1.26 bits per heavy atom. The minimum atomic E-state index is -0.00524. The van der Waals surface area contributed by atoms with E-state index in [2.05, 4.69) is 10.6 Å². The lowest BCUT2D eigenvalue weighted by Gasteiger charge is -2.25. The first-order valence-corrected chi connectivity index (χ1v) is 7.29. The molecule has 110 valence electrons. The smallest absolute Gasteiger partial charge is 0.223 e. The average molecular weight is 269 g/mol. The summed E-state index contributed by atoms with van der Waals surface area (Å²) in [4.78, 5) is 23.4. The SMILES string of the molecule is CC(C)CNC(=O)CCNC(=O)C1CCCC(N)C1. The standard InChI is InChI=1S/C14H27N3O2/c1-10(2)9-17-13(18)6-7-16-14(19)11-4-3-5-12(15)8-11/h10-12H,3-9,15H2,1-2H3,(H,16,19)(H,17,18). The van der Waals surface area contributed by atoms with Crippen molar-refractivity contribution in [2.45, 2.75) is 52.0 Å². The van der Waals surface area contributed by atoms with Crippen LogP contribution in [0, 0.1) is 11.8 Å². The minimum absolute atomic E-state index is 0.00524. The highest BCUT2D eigenvalue weighted by atomic mass is 16.2. The zero-order chi connectivity index (χ0) is 14.3. The van der Waals surface area contributed by atoms with Crippen molar-refractivity contribution >= 4 is 11.8 Å². The van der Waals surface area contributed by atoms with Crippen molar-refractivity contribution in [3.8, 4) is 0 Å². The highest BCUT2D eigenvalue weighted by Crippen LogP contribution is 2.22. The van der Waals surface area contributed by atoms with Crippen molar-refractivity contribution in [2.75, 3.05) is 13.1 Å². The number of rotatable bonds is 6. The van der Waals surface area contributed by atoms with Gasteiger partial charge in [-0.1, -0.05) is 20.3 Å². The molecule has 0 aliphatic heterocycles. The lowest BCUT2D eigenvalue weighted by Crippen LogP contribution is -2.39. The summed E-state index contributed by atoms with van der Waals surface area (Å²) >= 11 is 0. The third-order valence-corrected chi connectivity index (χ3v) is 3.44. The van der Waals surface area contributed by atoms with Gasteiger partial charge in [-0.25, -0.2) is 0 Å². The van der Waals surface area contributed by atoms with Crippen molar-refractivity contribution in [3.63, 3.8) is 0 Å². The van der Waals surface area contributed by atoms with Gasteiger partial charge in [0.2, 0.25) is 11.8 Å². The summed E-state index contributed by atoms with van der Waals surface area (Å²) in [6.45, 7) is 5.20. The molecular weight excluding hydrogens is 242 g/mol. The summed E-state index contributed by atoms with van der Waals surface area (Å²) < 4.78 is 0. The number of amides is 2. The van der Waals surface area contributed by atoms with Crippen molar-refractivity contribution in [1.82, 2.24) is 10.6 Å². The normalized spacial score (nSPS) is 23.2. The van der Waals surface area contributed by atoms with Gasteiger partial charge in [0, 0.05) is 31.5 Å². The van der Waals surface area contributed by atoms with Crippen molar-refractivity contribution in [2.24, 2.45) is 17.6 Å². The van der Waals surface area contributed by atoms with Crippen LogP contribution in [-0.2, 0) is 9.59 Å². The molecule has 0 spiro atoms. The van der Waals surface area contributed by atoms with Gasteiger partial charge in [0.15, 0.2) is 0 Å². The number of nitrogens with one attached hydrogen (secondary N) is 2. The first kappa shape index (κ1) is 16.0. The number of hydrogen-bond acceptors (Lipinski definition) is 3. The first-order chi connectivity index (χ1) is 8.99. The van der Waals surface area contributed by atoms with Crippen LogP contribution in [0.1, 0.15) is 46.0 Å². The van der Waals surface area contributed by atoms with Crippen LogP contribution in [0.5, 0.6) is 0 Å². The van der Waals surface area contributed by atoms with Gasteiger partial charge >= 0.3 is 0 Å². The topological polar surface area (TPSA) is 84.2 Å². The predicted molar refractivity (Wildman–Crippen MR) is 75.4 cm³/mol. The lowest BCUT2D eigenvalue weighted by atomic mass is 9.85. The molecule has 19 heavy (non-hydrogen) atoms. The summed E-state index contributed by atoms with van der Waals surface area (Å²) in [5.74, 6) is 0.519. The number of nitrogens with two attached hydrogens (primary N) is 1. The molecule has 5 heteroatoms. The van der Waals surface area contributed by atoms with Crippen molar-refractivity contribution in [3.05, 3.63) is 0 Å². The first-order valence-electron chi connectivity index (χ1n) is 7.29. The van der Waals surface area contributed by atoms with Crippen molar-refractivity contribution < 1.29 is 9.59 Å². The van der Waals surface area contributed by atoms with Crippen LogP contribution in [0.2, 0.25) is 0 Å². The average Bonchev–Trinajstić information content (AvgIpc) is 2.36. The molecule has 1 saturated carbocycles. The Morgan fingerprint density at radius 2 is 2.00 bits per heavy atom. The zero-order valence-corrected chi connectivity index (χ0v) is 12.1. The van der Waals surface area contributed by atoms with Gasteiger partial charge in [0.05, 0.1) is 0 Å².